The van der Waals surface area contributed by atoms with Crippen LogP contribution in [0.4, 0.5) is 17.3 Å². The Balaban J connectivity index is 1.32. The molecule has 12 heteroatoms. The number of fused-ring (bicyclic) bond motifs is 1. The second kappa shape index (κ2) is 11.8. The molecule has 214 valence electrons. The molecule has 0 spiro atoms. The third-order valence-electron chi connectivity index (χ3n) is 7.82. The number of aromatic nitrogens is 4. The van der Waals surface area contributed by atoms with Crippen LogP contribution in [0.3, 0.4) is 0 Å². The van der Waals surface area contributed by atoms with Crippen molar-refractivity contribution in [2.75, 3.05) is 63.6 Å². The van der Waals surface area contributed by atoms with Crippen molar-refractivity contribution in [1.82, 2.24) is 29.3 Å². The summed E-state index contributed by atoms with van der Waals surface area (Å²) in [7, 11) is 4.21. The van der Waals surface area contributed by atoms with Crippen LogP contribution in [0.1, 0.15) is 12.8 Å². The molecular formula is C29H32Cl2N8O2. The molecule has 1 N–H and O–H groups in total. The Morgan fingerprint density at radius 2 is 1.71 bits per heavy atom. The fraction of sp³-hybridized carbons (Fsp3) is 0.379. The van der Waals surface area contributed by atoms with Gasteiger partial charge in [0, 0.05) is 49.8 Å². The second-order valence-electron chi connectivity index (χ2n) is 10.6. The van der Waals surface area contributed by atoms with Gasteiger partial charge in [0.05, 0.1) is 15.7 Å². The molecule has 6 rings (SSSR count). The van der Waals surface area contributed by atoms with Crippen LogP contribution in [0.15, 0.2) is 53.5 Å². The highest BCUT2D eigenvalue weighted by molar-refractivity contribution is 6.37. The number of nitrogens with one attached hydrogen (secondary N) is 1. The van der Waals surface area contributed by atoms with Gasteiger partial charge in [0.15, 0.2) is 5.65 Å². The average Bonchev–Trinajstić information content (AvgIpc) is 3.38. The predicted molar refractivity (Wildman–Crippen MR) is 164 cm³/mol. The molecule has 0 aliphatic carbocycles. The van der Waals surface area contributed by atoms with Crippen molar-refractivity contribution in [2.24, 2.45) is 0 Å². The lowest BCUT2D eigenvalue weighted by atomic mass is 10.2. The van der Waals surface area contributed by atoms with E-state index < -0.39 is 5.56 Å². The van der Waals surface area contributed by atoms with E-state index >= 15 is 0 Å². The van der Waals surface area contributed by atoms with Gasteiger partial charge >= 0.3 is 6.01 Å². The van der Waals surface area contributed by atoms with Gasteiger partial charge in [0.1, 0.15) is 12.0 Å². The molecule has 1 atom stereocenters. The first kappa shape index (κ1) is 27.7. The summed E-state index contributed by atoms with van der Waals surface area (Å²) >= 11 is 13.0. The number of hydrogen-bond donors (Lipinski definition) is 1. The number of rotatable bonds is 7. The summed E-state index contributed by atoms with van der Waals surface area (Å²) in [5.41, 5.74) is 2.13. The molecule has 0 saturated carbocycles. The minimum Gasteiger partial charge on any atom is -0.463 e. The number of piperazine rings is 1. The first-order valence-electron chi connectivity index (χ1n) is 13.7. The molecule has 4 aromatic rings. The van der Waals surface area contributed by atoms with Gasteiger partial charge in [-0.3, -0.25) is 4.79 Å². The molecule has 0 radical (unpaired) electrons. The van der Waals surface area contributed by atoms with Crippen LogP contribution in [-0.2, 0) is 0 Å². The molecule has 0 bridgehead atoms. The van der Waals surface area contributed by atoms with Crippen LogP contribution in [0, 0.1) is 0 Å². The van der Waals surface area contributed by atoms with Crippen molar-refractivity contribution in [3.8, 4) is 11.7 Å². The van der Waals surface area contributed by atoms with Crippen molar-refractivity contribution in [2.45, 2.75) is 18.9 Å². The average molecular weight is 596 g/mol. The number of hydrogen-bond acceptors (Lipinski definition) is 9. The maximum atomic E-state index is 13.8. The van der Waals surface area contributed by atoms with Gasteiger partial charge in [-0.25, -0.2) is 9.55 Å². The van der Waals surface area contributed by atoms with Gasteiger partial charge in [-0.2, -0.15) is 9.97 Å². The third kappa shape index (κ3) is 5.83. The van der Waals surface area contributed by atoms with Gasteiger partial charge in [-0.1, -0.05) is 29.3 Å². The number of benzene rings is 2. The summed E-state index contributed by atoms with van der Waals surface area (Å²) in [6.07, 6.45) is 3.57. The monoisotopic (exact) mass is 594 g/mol. The van der Waals surface area contributed by atoms with Crippen molar-refractivity contribution >= 4 is 51.6 Å². The van der Waals surface area contributed by atoms with Crippen molar-refractivity contribution in [3.63, 3.8) is 0 Å². The van der Waals surface area contributed by atoms with E-state index in [1.165, 1.54) is 16.5 Å². The number of para-hydroxylation sites is 1. The number of halogens is 2. The number of ether oxygens (including phenoxy) is 1. The Morgan fingerprint density at radius 1 is 0.976 bits per heavy atom. The van der Waals surface area contributed by atoms with E-state index in [9.17, 15) is 4.79 Å². The fourth-order valence-corrected chi connectivity index (χ4v) is 5.89. The van der Waals surface area contributed by atoms with Gasteiger partial charge in [-0.15, -0.1) is 0 Å². The second-order valence-corrected chi connectivity index (χ2v) is 11.4. The molecular weight excluding hydrogens is 563 g/mol. The summed E-state index contributed by atoms with van der Waals surface area (Å²) in [6.45, 7) is 5.46. The Morgan fingerprint density at radius 3 is 2.39 bits per heavy atom. The van der Waals surface area contributed by atoms with Crippen LogP contribution in [-0.4, -0.2) is 88.8 Å². The largest absolute Gasteiger partial charge is 0.463 e. The third-order valence-corrected chi connectivity index (χ3v) is 8.43. The number of nitrogens with zero attached hydrogens (tertiary/aromatic N) is 7. The fourth-order valence-electron chi connectivity index (χ4n) is 5.32. The molecule has 1 unspecified atom stereocenters. The quantitative estimate of drug-likeness (QED) is 0.333. The van der Waals surface area contributed by atoms with Crippen LogP contribution in [0.5, 0.6) is 6.01 Å². The molecule has 41 heavy (non-hydrogen) atoms. The molecule has 2 aromatic heterocycles. The molecule has 4 heterocycles. The van der Waals surface area contributed by atoms with Gasteiger partial charge in [0.2, 0.25) is 5.95 Å². The van der Waals surface area contributed by atoms with Crippen molar-refractivity contribution in [3.05, 3.63) is 69.1 Å². The molecule has 2 saturated heterocycles. The zero-order valence-corrected chi connectivity index (χ0v) is 24.6. The molecule has 2 aliphatic rings. The highest BCUT2D eigenvalue weighted by Crippen LogP contribution is 2.31. The molecule has 10 nitrogen and oxygen atoms in total. The van der Waals surface area contributed by atoms with Crippen LogP contribution in [0.25, 0.3) is 16.7 Å². The highest BCUT2D eigenvalue weighted by Gasteiger charge is 2.25. The lowest BCUT2D eigenvalue weighted by molar-refractivity contribution is 0.184. The Labute approximate surface area is 248 Å². The summed E-state index contributed by atoms with van der Waals surface area (Å²) in [6, 6.07) is 13.5. The summed E-state index contributed by atoms with van der Waals surface area (Å²) in [4.78, 5) is 34.4. The van der Waals surface area contributed by atoms with Gasteiger partial charge < -0.3 is 24.8 Å². The first-order chi connectivity index (χ1) is 19.9. The standard InChI is InChI=1S/C29H32Cl2N8O2/c1-36-13-15-38(16-14-36)20-10-8-19(9-11-20)33-28-32-17-22-26(34-28)35-29(41-18-21-5-4-12-37(21)2)39(27(22)40)25-23(30)6-3-7-24(25)31/h3,6-11,17,21H,4-5,12-16,18H2,1-2H3,(H,32,33,34). The van der Waals surface area contributed by atoms with Crippen LogP contribution < -0.4 is 20.5 Å². The maximum Gasteiger partial charge on any atom is 0.306 e. The first-order valence-corrected chi connectivity index (χ1v) is 14.5. The molecule has 2 aliphatic heterocycles. The summed E-state index contributed by atoms with van der Waals surface area (Å²) in [5.74, 6) is 0.326. The van der Waals surface area contributed by atoms with E-state index in [-0.39, 0.29) is 23.1 Å². The Kier molecular flexibility index (Phi) is 7.99. The van der Waals surface area contributed by atoms with Crippen molar-refractivity contribution in [1.29, 1.82) is 0 Å². The highest BCUT2D eigenvalue weighted by atomic mass is 35.5. The SMILES string of the molecule is CN1CCN(c2ccc(Nc3ncc4c(=O)n(-c5c(Cl)cccc5Cl)c(OCC5CCCN5C)nc4n3)cc2)CC1. The van der Waals surface area contributed by atoms with E-state index in [0.717, 1.165) is 51.3 Å². The van der Waals surface area contributed by atoms with E-state index in [0.29, 0.717) is 28.3 Å². The molecule has 2 aromatic carbocycles. The molecule has 0 amide bonds. The zero-order chi connectivity index (χ0) is 28.5. The summed E-state index contributed by atoms with van der Waals surface area (Å²) in [5, 5.41) is 4.07. The van der Waals surface area contributed by atoms with Gasteiger partial charge in [-0.05, 0) is 69.9 Å². The van der Waals surface area contributed by atoms with Gasteiger partial charge in [0.25, 0.3) is 5.56 Å². The van der Waals surface area contributed by atoms with E-state index in [1.807, 2.05) is 12.1 Å². The normalized spacial score (nSPS) is 18.2. The zero-order valence-electron chi connectivity index (χ0n) is 23.1. The smallest absolute Gasteiger partial charge is 0.306 e. The van der Waals surface area contributed by atoms with E-state index in [4.69, 9.17) is 27.9 Å². The Hall–Kier alpha value is -3.44. The minimum absolute atomic E-state index is 0.0824. The minimum atomic E-state index is -0.414. The number of likely N-dealkylation sites (N-methyl/N-ethyl adjacent to an activating group) is 2. The maximum absolute atomic E-state index is 13.8. The van der Waals surface area contributed by atoms with E-state index in [1.54, 1.807) is 18.2 Å². The lowest BCUT2D eigenvalue weighted by Crippen LogP contribution is -2.44. The summed E-state index contributed by atoms with van der Waals surface area (Å²) < 4.78 is 7.50. The number of likely N-dealkylation sites (tertiary alicyclic amines) is 1. The number of anilines is 3. The van der Waals surface area contributed by atoms with E-state index in [2.05, 4.69) is 61.2 Å². The Bertz CT molecular complexity index is 1590. The predicted octanol–water partition coefficient (Wildman–Crippen LogP) is 4.45. The topological polar surface area (TPSA) is 91.6 Å². The van der Waals surface area contributed by atoms with Crippen LogP contribution in [0.2, 0.25) is 10.0 Å². The lowest BCUT2D eigenvalue weighted by Gasteiger charge is -2.34. The molecule has 2 fully saturated rings. The van der Waals surface area contributed by atoms with Crippen molar-refractivity contribution < 1.29 is 4.74 Å². The van der Waals surface area contributed by atoms with Crippen LogP contribution >= 0.6 is 23.2 Å².